The van der Waals surface area contributed by atoms with Gasteiger partial charge in [-0.05, 0) is 30.5 Å². The van der Waals surface area contributed by atoms with Crippen molar-refractivity contribution in [3.8, 4) is 12.3 Å². The zero-order valence-corrected chi connectivity index (χ0v) is 9.71. The molecule has 0 aromatic heterocycles. The summed E-state index contributed by atoms with van der Waals surface area (Å²) in [4.78, 5) is 11.5. The average Bonchev–Trinajstić information content (AvgIpc) is 2.32. The molecule has 1 amide bonds. The van der Waals surface area contributed by atoms with Crippen LogP contribution in [-0.2, 0) is 11.2 Å². The van der Waals surface area contributed by atoms with Crippen LogP contribution in [0, 0.1) is 18.2 Å². The van der Waals surface area contributed by atoms with Gasteiger partial charge in [-0.1, -0.05) is 12.1 Å². The van der Waals surface area contributed by atoms with Crippen LogP contribution in [0.1, 0.15) is 24.8 Å². The molecule has 0 spiro atoms. The van der Waals surface area contributed by atoms with E-state index < -0.39 is 0 Å². The standard InChI is InChI=1S/C14H16FNO/c1-2-3-4-5-10-16-14(17)11-12-6-8-13(15)9-7-12/h1,6-9H,3-5,10-11H2,(H,16,17). The van der Waals surface area contributed by atoms with E-state index >= 15 is 0 Å². The van der Waals surface area contributed by atoms with Crippen LogP contribution < -0.4 is 5.32 Å². The maximum Gasteiger partial charge on any atom is 0.224 e. The lowest BCUT2D eigenvalue weighted by molar-refractivity contribution is -0.120. The highest BCUT2D eigenvalue weighted by Crippen LogP contribution is 2.03. The maximum absolute atomic E-state index is 12.6. The van der Waals surface area contributed by atoms with Crippen LogP contribution in [0.4, 0.5) is 4.39 Å². The Kier molecular flexibility index (Phi) is 5.81. The van der Waals surface area contributed by atoms with Gasteiger partial charge in [0, 0.05) is 13.0 Å². The molecule has 0 atom stereocenters. The number of halogens is 1. The van der Waals surface area contributed by atoms with Crippen molar-refractivity contribution in [2.24, 2.45) is 0 Å². The second kappa shape index (κ2) is 7.45. The van der Waals surface area contributed by atoms with Gasteiger partial charge in [0.05, 0.1) is 6.42 Å². The van der Waals surface area contributed by atoms with E-state index in [0.29, 0.717) is 6.54 Å². The highest BCUT2D eigenvalue weighted by atomic mass is 19.1. The van der Waals surface area contributed by atoms with Crippen molar-refractivity contribution in [2.75, 3.05) is 6.54 Å². The molecule has 0 fully saturated rings. The number of terminal acetylenes is 1. The predicted molar refractivity (Wildman–Crippen MR) is 65.8 cm³/mol. The van der Waals surface area contributed by atoms with Crippen molar-refractivity contribution in [3.05, 3.63) is 35.6 Å². The van der Waals surface area contributed by atoms with Crippen LogP contribution in [-0.4, -0.2) is 12.5 Å². The number of rotatable bonds is 6. The maximum atomic E-state index is 12.6. The van der Waals surface area contributed by atoms with Crippen LogP contribution in [0.25, 0.3) is 0 Å². The van der Waals surface area contributed by atoms with Gasteiger partial charge in [0.25, 0.3) is 0 Å². The van der Waals surface area contributed by atoms with E-state index in [2.05, 4.69) is 11.2 Å². The second-order valence-electron chi connectivity index (χ2n) is 3.81. The molecule has 0 radical (unpaired) electrons. The molecule has 2 nitrogen and oxygen atoms in total. The van der Waals surface area contributed by atoms with Crippen molar-refractivity contribution in [3.63, 3.8) is 0 Å². The predicted octanol–water partition coefficient (Wildman–Crippen LogP) is 2.29. The molecule has 0 aliphatic rings. The molecule has 0 heterocycles. The first-order valence-electron chi connectivity index (χ1n) is 5.67. The summed E-state index contributed by atoms with van der Waals surface area (Å²) in [7, 11) is 0. The minimum Gasteiger partial charge on any atom is -0.356 e. The summed E-state index contributed by atoms with van der Waals surface area (Å²) in [5, 5.41) is 2.80. The Morgan fingerprint density at radius 2 is 2.00 bits per heavy atom. The Morgan fingerprint density at radius 1 is 1.29 bits per heavy atom. The van der Waals surface area contributed by atoms with Crippen LogP contribution in [0.3, 0.4) is 0 Å². The summed E-state index contributed by atoms with van der Waals surface area (Å²) in [5.74, 6) is 2.22. The molecule has 3 heteroatoms. The molecule has 1 N–H and O–H groups in total. The zero-order chi connectivity index (χ0) is 12.5. The van der Waals surface area contributed by atoms with Crippen molar-refractivity contribution in [1.29, 1.82) is 0 Å². The number of hydrogen-bond acceptors (Lipinski definition) is 1. The third-order valence-corrected chi connectivity index (χ3v) is 2.35. The summed E-state index contributed by atoms with van der Waals surface area (Å²) in [5.41, 5.74) is 0.813. The smallest absolute Gasteiger partial charge is 0.224 e. The van der Waals surface area contributed by atoms with E-state index in [1.807, 2.05) is 0 Å². The fraction of sp³-hybridized carbons (Fsp3) is 0.357. The SMILES string of the molecule is C#CCCCCNC(=O)Cc1ccc(F)cc1. The Hall–Kier alpha value is -1.82. The van der Waals surface area contributed by atoms with Gasteiger partial charge >= 0.3 is 0 Å². The van der Waals surface area contributed by atoms with E-state index in [1.54, 1.807) is 12.1 Å². The third kappa shape index (κ3) is 5.72. The number of carbonyl (C=O) groups excluding carboxylic acids is 1. The molecule has 90 valence electrons. The quantitative estimate of drug-likeness (QED) is 0.593. The summed E-state index contributed by atoms with van der Waals surface area (Å²) < 4.78 is 12.6. The van der Waals surface area contributed by atoms with E-state index in [9.17, 15) is 9.18 Å². The Labute approximate surface area is 101 Å². The van der Waals surface area contributed by atoms with Crippen LogP contribution in [0.2, 0.25) is 0 Å². The number of unbranched alkanes of at least 4 members (excludes halogenated alkanes) is 2. The number of nitrogens with one attached hydrogen (secondary N) is 1. The summed E-state index contributed by atoms with van der Waals surface area (Å²) in [6.07, 6.45) is 7.96. The lowest BCUT2D eigenvalue weighted by Gasteiger charge is -2.04. The summed E-state index contributed by atoms with van der Waals surface area (Å²) >= 11 is 0. The van der Waals surface area contributed by atoms with Gasteiger partial charge in [-0.2, -0.15) is 0 Å². The summed E-state index contributed by atoms with van der Waals surface area (Å²) in [6.45, 7) is 0.641. The first kappa shape index (κ1) is 13.2. The van der Waals surface area contributed by atoms with Crippen molar-refractivity contribution in [1.82, 2.24) is 5.32 Å². The van der Waals surface area contributed by atoms with Gasteiger partial charge in [0.15, 0.2) is 0 Å². The molecule has 1 rings (SSSR count). The minimum atomic E-state index is -0.288. The van der Waals surface area contributed by atoms with Gasteiger partial charge in [-0.3, -0.25) is 4.79 Å². The van der Waals surface area contributed by atoms with Gasteiger partial charge in [-0.15, -0.1) is 12.3 Å². The van der Waals surface area contributed by atoms with Crippen molar-refractivity contribution >= 4 is 5.91 Å². The van der Waals surface area contributed by atoms with E-state index in [4.69, 9.17) is 6.42 Å². The van der Waals surface area contributed by atoms with Crippen molar-refractivity contribution in [2.45, 2.75) is 25.7 Å². The zero-order valence-electron chi connectivity index (χ0n) is 9.71. The number of benzene rings is 1. The van der Waals surface area contributed by atoms with E-state index in [0.717, 1.165) is 24.8 Å². The average molecular weight is 233 g/mol. The fourth-order valence-corrected chi connectivity index (χ4v) is 1.43. The van der Waals surface area contributed by atoms with Crippen LogP contribution in [0.5, 0.6) is 0 Å². The molecule has 0 aliphatic heterocycles. The normalized spacial score (nSPS) is 9.65. The van der Waals surface area contributed by atoms with E-state index in [-0.39, 0.29) is 18.1 Å². The Balaban J connectivity index is 2.21. The van der Waals surface area contributed by atoms with Gasteiger partial charge in [0.1, 0.15) is 5.82 Å². The first-order chi connectivity index (χ1) is 8.22. The summed E-state index contributed by atoms with van der Waals surface area (Å²) in [6, 6.07) is 5.95. The van der Waals surface area contributed by atoms with Gasteiger partial charge in [0.2, 0.25) is 5.91 Å². The minimum absolute atomic E-state index is 0.0442. The first-order valence-corrected chi connectivity index (χ1v) is 5.67. The lowest BCUT2D eigenvalue weighted by Crippen LogP contribution is -2.26. The number of carbonyl (C=O) groups is 1. The van der Waals surface area contributed by atoms with Gasteiger partial charge < -0.3 is 5.32 Å². The molecule has 0 bridgehead atoms. The highest BCUT2D eigenvalue weighted by Gasteiger charge is 2.02. The molecule has 0 aliphatic carbocycles. The number of amides is 1. The molecular weight excluding hydrogens is 217 g/mol. The lowest BCUT2D eigenvalue weighted by atomic mass is 10.1. The Morgan fingerprint density at radius 3 is 2.65 bits per heavy atom. The van der Waals surface area contributed by atoms with Crippen molar-refractivity contribution < 1.29 is 9.18 Å². The molecular formula is C14H16FNO. The topological polar surface area (TPSA) is 29.1 Å². The highest BCUT2D eigenvalue weighted by molar-refractivity contribution is 5.78. The van der Waals surface area contributed by atoms with Gasteiger partial charge in [-0.25, -0.2) is 4.39 Å². The second-order valence-corrected chi connectivity index (χ2v) is 3.81. The fourth-order valence-electron chi connectivity index (χ4n) is 1.43. The van der Waals surface area contributed by atoms with Crippen LogP contribution in [0.15, 0.2) is 24.3 Å². The molecule has 0 unspecified atom stereocenters. The van der Waals surface area contributed by atoms with E-state index in [1.165, 1.54) is 12.1 Å². The Bertz CT molecular complexity index is 392. The molecule has 1 aromatic rings. The third-order valence-electron chi connectivity index (χ3n) is 2.35. The van der Waals surface area contributed by atoms with Crippen LogP contribution >= 0.6 is 0 Å². The molecule has 0 saturated carbocycles. The number of hydrogen-bond donors (Lipinski definition) is 1. The molecule has 17 heavy (non-hydrogen) atoms. The largest absolute Gasteiger partial charge is 0.356 e. The monoisotopic (exact) mass is 233 g/mol. The molecule has 0 saturated heterocycles. The molecule has 1 aromatic carbocycles.